The van der Waals surface area contributed by atoms with Crippen LogP contribution in [-0.4, -0.2) is 13.1 Å². The standard InChI is InChI=1S/C13H17FO2/c1-8(2)5-11-9(3)6-10(14)7-12(11)13(15)16-4/h6-8H,5H2,1-4H3. The molecule has 0 unspecified atom stereocenters. The van der Waals surface area contributed by atoms with Gasteiger partial charge in [0.05, 0.1) is 12.7 Å². The van der Waals surface area contributed by atoms with Gasteiger partial charge < -0.3 is 4.74 Å². The van der Waals surface area contributed by atoms with Crippen molar-refractivity contribution in [3.05, 3.63) is 34.6 Å². The van der Waals surface area contributed by atoms with Gasteiger partial charge in [-0.2, -0.15) is 0 Å². The van der Waals surface area contributed by atoms with E-state index in [1.54, 1.807) is 0 Å². The van der Waals surface area contributed by atoms with Crippen LogP contribution in [0.1, 0.15) is 35.3 Å². The first-order valence-electron chi connectivity index (χ1n) is 5.33. The Hall–Kier alpha value is -1.38. The zero-order valence-electron chi connectivity index (χ0n) is 10.1. The fraction of sp³-hybridized carbons (Fsp3) is 0.462. The van der Waals surface area contributed by atoms with Crippen molar-refractivity contribution in [1.82, 2.24) is 0 Å². The molecular weight excluding hydrogens is 207 g/mol. The molecule has 1 aromatic carbocycles. The van der Waals surface area contributed by atoms with Crippen molar-refractivity contribution in [3.63, 3.8) is 0 Å². The maximum atomic E-state index is 13.2. The molecule has 1 rings (SSSR count). The summed E-state index contributed by atoms with van der Waals surface area (Å²) in [5.41, 5.74) is 2.02. The first-order chi connectivity index (χ1) is 7.45. The SMILES string of the molecule is COC(=O)c1cc(F)cc(C)c1CC(C)C. The van der Waals surface area contributed by atoms with Crippen LogP contribution in [0.5, 0.6) is 0 Å². The summed E-state index contributed by atoms with van der Waals surface area (Å²) in [6.45, 7) is 5.93. The zero-order valence-corrected chi connectivity index (χ0v) is 10.1. The summed E-state index contributed by atoms with van der Waals surface area (Å²) in [6.07, 6.45) is 0.747. The molecule has 0 spiro atoms. The van der Waals surface area contributed by atoms with Crippen molar-refractivity contribution in [2.24, 2.45) is 5.92 Å². The zero-order chi connectivity index (χ0) is 12.3. The van der Waals surface area contributed by atoms with Gasteiger partial charge >= 0.3 is 5.97 Å². The van der Waals surface area contributed by atoms with Gasteiger partial charge in [0.15, 0.2) is 0 Å². The van der Waals surface area contributed by atoms with Crippen LogP contribution >= 0.6 is 0 Å². The fourth-order valence-corrected chi connectivity index (χ4v) is 1.74. The van der Waals surface area contributed by atoms with E-state index in [1.165, 1.54) is 19.2 Å². The number of hydrogen-bond donors (Lipinski definition) is 0. The first kappa shape index (κ1) is 12.7. The quantitative estimate of drug-likeness (QED) is 0.737. The topological polar surface area (TPSA) is 26.3 Å². The van der Waals surface area contributed by atoms with Crippen molar-refractivity contribution in [2.45, 2.75) is 27.2 Å². The molecule has 0 aliphatic rings. The highest BCUT2D eigenvalue weighted by atomic mass is 19.1. The maximum absolute atomic E-state index is 13.2. The van der Waals surface area contributed by atoms with Gasteiger partial charge in [-0.1, -0.05) is 13.8 Å². The molecule has 2 nitrogen and oxygen atoms in total. The van der Waals surface area contributed by atoms with E-state index >= 15 is 0 Å². The molecule has 0 radical (unpaired) electrons. The third kappa shape index (κ3) is 2.81. The third-order valence-electron chi connectivity index (χ3n) is 2.46. The molecule has 0 heterocycles. The predicted octanol–water partition coefficient (Wildman–Crippen LogP) is 3.12. The molecule has 0 saturated carbocycles. The molecule has 0 N–H and O–H groups in total. The van der Waals surface area contributed by atoms with Gasteiger partial charge in [-0.05, 0) is 42.5 Å². The van der Waals surface area contributed by atoms with Gasteiger partial charge in [-0.25, -0.2) is 9.18 Å². The van der Waals surface area contributed by atoms with Gasteiger partial charge in [0, 0.05) is 0 Å². The monoisotopic (exact) mass is 224 g/mol. The Balaban J connectivity index is 3.26. The highest BCUT2D eigenvalue weighted by molar-refractivity contribution is 5.91. The Morgan fingerprint density at radius 2 is 2.06 bits per heavy atom. The second kappa shape index (κ2) is 5.10. The summed E-state index contributed by atoms with van der Waals surface area (Å²) in [5.74, 6) is -0.462. The van der Waals surface area contributed by atoms with E-state index in [0.29, 0.717) is 11.5 Å². The molecule has 0 fully saturated rings. The lowest BCUT2D eigenvalue weighted by Gasteiger charge is -2.13. The van der Waals surface area contributed by atoms with Gasteiger partial charge in [0.25, 0.3) is 0 Å². The van der Waals surface area contributed by atoms with Crippen molar-refractivity contribution in [1.29, 1.82) is 0 Å². The summed E-state index contributed by atoms with van der Waals surface area (Å²) in [6, 6.07) is 2.70. The van der Waals surface area contributed by atoms with Gasteiger partial charge in [0.2, 0.25) is 0 Å². The molecule has 0 aliphatic heterocycles. The Morgan fingerprint density at radius 3 is 2.56 bits per heavy atom. The molecule has 0 aliphatic carbocycles. The molecule has 16 heavy (non-hydrogen) atoms. The minimum absolute atomic E-state index is 0.341. The molecule has 0 bridgehead atoms. The van der Waals surface area contributed by atoms with E-state index in [2.05, 4.69) is 18.6 Å². The average molecular weight is 224 g/mol. The molecule has 0 saturated heterocycles. The van der Waals surface area contributed by atoms with E-state index in [1.807, 2.05) is 6.92 Å². The molecular formula is C13H17FO2. The Labute approximate surface area is 95.4 Å². The van der Waals surface area contributed by atoms with Crippen molar-refractivity contribution in [3.8, 4) is 0 Å². The fourth-order valence-electron chi connectivity index (χ4n) is 1.74. The van der Waals surface area contributed by atoms with Crippen LogP contribution < -0.4 is 0 Å². The van der Waals surface area contributed by atoms with Gasteiger partial charge in [-0.15, -0.1) is 0 Å². The summed E-state index contributed by atoms with van der Waals surface area (Å²) >= 11 is 0. The number of methoxy groups -OCH3 is 1. The number of benzene rings is 1. The summed E-state index contributed by atoms with van der Waals surface area (Å²) in [4.78, 5) is 11.5. The van der Waals surface area contributed by atoms with Crippen LogP contribution in [0.25, 0.3) is 0 Å². The third-order valence-corrected chi connectivity index (χ3v) is 2.46. The Kier molecular flexibility index (Phi) is 4.05. The molecule has 0 aromatic heterocycles. The second-order valence-electron chi connectivity index (χ2n) is 4.34. The lowest BCUT2D eigenvalue weighted by Crippen LogP contribution is -2.10. The Morgan fingerprint density at radius 1 is 1.44 bits per heavy atom. The number of halogens is 1. The van der Waals surface area contributed by atoms with E-state index in [0.717, 1.165) is 17.5 Å². The maximum Gasteiger partial charge on any atom is 0.338 e. The summed E-state index contributed by atoms with van der Waals surface area (Å²) in [5, 5.41) is 0. The van der Waals surface area contributed by atoms with Crippen molar-refractivity contribution < 1.29 is 13.9 Å². The summed E-state index contributed by atoms with van der Waals surface area (Å²) < 4.78 is 17.9. The number of carbonyl (C=O) groups excluding carboxylic acids is 1. The number of carbonyl (C=O) groups is 1. The van der Waals surface area contributed by atoms with Crippen LogP contribution in [-0.2, 0) is 11.2 Å². The van der Waals surface area contributed by atoms with Crippen molar-refractivity contribution >= 4 is 5.97 Å². The van der Waals surface area contributed by atoms with E-state index in [9.17, 15) is 9.18 Å². The van der Waals surface area contributed by atoms with Crippen LogP contribution in [0.3, 0.4) is 0 Å². The van der Waals surface area contributed by atoms with Crippen LogP contribution in [0.15, 0.2) is 12.1 Å². The first-order valence-corrected chi connectivity index (χ1v) is 5.33. The largest absolute Gasteiger partial charge is 0.465 e. The van der Waals surface area contributed by atoms with Gasteiger partial charge in [-0.3, -0.25) is 0 Å². The van der Waals surface area contributed by atoms with E-state index in [-0.39, 0.29) is 0 Å². The number of ether oxygens (including phenoxy) is 1. The van der Waals surface area contributed by atoms with Crippen LogP contribution in [0.2, 0.25) is 0 Å². The van der Waals surface area contributed by atoms with Gasteiger partial charge in [0.1, 0.15) is 5.82 Å². The highest BCUT2D eigenvalue weighted by Gasteiger charge is 2.16. The Bertz CT molecular complexity index is 397. The van der Waals surface area contributed by atoms with Crippen LogP contribution in [0, 0.1) is 18.7 Å². The summed E-state index contributed by atoms with van der Waals surface area (Å²) in [7, 11) is 1.31. The number of aryl methyl sites for hydroxylation is 1. The molecule has 1 aromatic rings. The van der Waals surface area contributed by atoms with Crippen molar-refractivity contribution in [2.75, 3.05) is 7.11 Å². The lowest BCUT2D eigenvalue weighted by atomic mass is 9.93. The molecule has 88 valence electrons. The molecule has 0 atom stereocenters. The number of rotatable bonds is 3. The van der Waals surface area contributed by atoms with Crippen LogP contribution in [0.4, 0.5) is 4.39 Å². The minimum Gasteiger partial charge on any atom is -0.465 e. The number of hydrogen-bond acceptors (Lipinski definition) is 2. The average Bonchev–Trinajstić information content (AvgIpc) is 2.20. The van der Waals surface area contributed by atoms with E-state index < -0.39 is 11.8 Å². The molecule has 3 heteroatoms. The molecule has 0 amide bonds. The lowest BCUT2D eigenvalue weighted by molar-refractivity contribution is 0.0598. The minimum atomic E-state index is -0.474. The normalized spacial score (nSPS) is 10.6. The number of esters is 1. The second-order valence-corrected chi connectivity index (χ2v) is 4.34. The predicted molar refractivity (Wildman–Crippen MR) is 61.0 cm³/mol. The highest BCUT2D eigenvalue weighted by Crippen LogP contribution is 2.21. The smallest absolute Gasteiger partial charge is 0.338 e. The van der Waals surface area contributed by atoms with E-state index in [4.69, 9.17) is 0 Å².